The van der Waals surface area contributed by atoms with Crippen molar-refractivity contribution in [3.05, 3.63) is 62.7 Å². The molecule has 0 saturated heterocycles. The highest BCUT2D eigenvalue weighted by molar-refractivity contribution is 7.16. The maximum absolute atomic E-state index is 13.0. The Labute approximate surface area is 194 Å². The Morgan fingerprint density at radius 2 is 2.16 bits per heavy atom. The summed E-state index contributed by atoms with van der Waals surface area (Å²) < 4.78 is 11.2. The fourth-order valence-corrected chi connectivity index (χ4v) is 5.51. The molecular weight excluding hydrogens is 450 g/mol. The SMILES string of the molecule is CCOC(=O)N1CCc2c(sc3c2C(=O)N[C@@H](c2ccc(-c4ccc(C)c(Cl)c4)o2)N3)C1. The van der Waals surface area contributed by atoms with E-state index in [4.69, 9.17) is 20.8 Å². The second kappa shape index (κ2) is 8.18. The number of nitrogens with zero attached hydrogens (tertiary/aromatic N) is 1. The number of rotatable bonds is 3. The number of nitrogens with one attached hydrogen (secondary N) is 2. The minimum Gasteiger partial charge on any atom is -0.457 e. The molecule has 5 rings (SSSR count). The molecule has 3 aromatic rings. The predicted octanol–water partition coefficient (Wildman–Crippen LogP) is 5.34. The molecule has 32 heavy (non-hydrogen) atoms. The van der Waals surface area contributed by atoms with Crippen LogP contribution < -0.4 is 10.6 Å². The lowest BCUT2D eigenvalue weighted by Crippen LogP contribution is -2.39. The Balaban J connectivity index is 1.38. The molecule has 0 aliphatic carbocycles. The zero-order chi connectivity index (χ0) is 22.4. The maximum atomic E-state index is 13.0. The van der Waals surface area contributed by atoms with E-state index in [1.54, 1.807) is 11.8 Å². The van der Waals surface area contributed by atoms with E-state index in [1.807, 2.05) is 37.3 Å². The standard InChI is InChI=1S/C23H22ClN3O4S/c1-3-30-23(29)27-9-8-14-18(11-27)32-22-19(14)21(28)25-20(26-22)17-7-6-16(31-17)13-5-4-12(2)15(24)10-13/h4-7,10,20,26H,3,8-9,11H2,1-2H3,(H,25,28)/t20-/m1/s1. The zero-order valence-corrected chi connectivity index (χ0v) is 19.2. The van der Waals surface area contributed by atoms with Gasteiger partial charge in [-0.25, -0.2) is 4.79 Å². The van der Waals surface area contributed by atoms with Crippen LogP contribution in [0.1, 0.15) is 45.2 Å². The van der Waals surface area contributed by atoms with E-state index in [2.05, 4.69) is 10.6 Å². The molecular formula is C23H22ClN3O4S. The Hall–Kier alpha value is -2.97. The Morgan fingerprint density at radius 1 is 1.31 bits per heavy atom. The lowest BCUT2D eigenvalue weighted by atomic mass is 10.0. The summed E-state index contributed by atoms with van der Waals surface area (Å²) in [6.45, 7) is 5.07. The Morgan fingerprint density at radius 3 is 2.94 bits per heavy atom. The molecule has 9 heteroatoms. The molecule has 2 amide bonds. The average Bonchev–Trinajstić information content (AvgIpc) is 3.40. The first-order valence-corrected chi connectivity index (χ1v) is 11.6. The fourth-order valence-electron chi connectivity index (χ4n) is 4.04. The van der Waals surface area contributed by atoms with Crippen molar-refractivity contribution in [3.63, 3.8) is 0 Å². The van der Waals surface area contributed by atoms with Crippen molar-refractivity contribution >= 4 is 39.9 Å². The van der Waals surface area contributed by atoms with E-state index >= 15 is 0 Å². The summed E-state index contributed by atoms with van der Waals surface area (Å²) in [5.74, 6) is 1.15. The number of hydrogen-bond acceptors (Lipinski definition) is 6. The van der Waals surface area contributed by atoms with Crippen LogP contribution in [0, 0.1) is 6.92 Å². The molecule has 4 heterocycles. The van der Waals surface area contributed by atoms with Crippen LogP contribution in [0.5, 0.6) is 0 Å². The molecule has 0 unspecified atom stereocenters. The van der Waals surface area contributed by atoms with Crippen molar-refractivity contribution in [3.8, 4) is 11.3 Å². The van der Waals surface area contributed by atoms with Crippen LogP contribution in [0.2, 0.25) is 5.02 Å². The van der Waals surface area contributed by atoms with Crippen molar-refractivity contribution < 1.29 is 18.7 Å². The van der Waals surface area contributed by atoms with Crippen LogP contribution in [-0.4, -0.2) is 30.1 Å². The molecule has 2 aliphatic heterocycles. The Bertz CT molecular complexity index is 1220. The number of benzene rings is 1. The first-order valence-electron chi connectivity index (χ1n) is 10.4. The molecule has 0 fully saturated rings. The van der Waals surface area contributed by atoms with E-state index in [0.29, 0.717) is 48.2 Å². The van der Waals surface area contributed by atoms with Gasteiger partial charge in [0.15, 0.2) is 6.17 Å². The predicted molar refractivity (Wildman–Crippen MR) is 123 cm³/mol. The summed E-state index contributed by atoms with van der Waals surface area (Å²) in [5, 5.41) is 7.86. The molecule has 2 aliphatic rings. The van der Waals surface area contributed by atoms with E-state index in [-0.39, 0.29) is 12.0 Å². The molecule has 166 valence electrons. The molecule has 2 N–H and O–H groups in total. The number of carbonyl (C=O) groups excluding carboxylic acids is 2. The quantitative estimate of drug-likeness (QED) is 0.538. The van der Waals surface area contributed by atoms with E-state index < -0.39 is 6.17 Å². The van der Waals surface area contributed by atoms with Crippen molar-refractivity contribution in [1.82, 2.24) is 10.2 Å². The highest BCUT2D eigenvalue weighted by Gasteiger charge is 2.35. The van der Waals surface area contributed by atoms with Gasteiger partial charge in [-0.15, -0.1) is 11.3 Å². The number of hydrogen-bond donors (Lipinski definition) is 2. The molecule has 0 spiro atoms. The van der Waals surface area contributed by atoms with Crippen LogP contribution in [0.4, 0.5) is 9.80 Å². The van der Waals surface area contributed by atoms with E-state index in [9.17, 15) is 9.59 Å². The first-order chi connectivity index (χ1) is 15.4. The van der Waals surface area contributed by atoms with Crippen molar-refractivity contribution in [2.75, 3.05) is 18.5 Å². The maximum Gasteiger partial charge on any atom is 0.410 e. The molecule has 7 nitrogen and oxygen atoms in total. The molecule has 1 atom stereocenters. The first kappa shape index (κ1) is 20.9. The molecule has 0 saturated carbocycles. The van der Waals surface area contributed by atoms with Gasteiger partial charge in [0.25, 0.3) is 5.91 Å². The van der Waals surface area contributed by atoms with Gasteiger partial charge < -0.3 is 24.7 Å². The summed E-state index contributed by atoms with van der Waals surface area (Å²) in [4.78, 5) is 27.8. The van der Waals surface area contributed by atoms with Gasteiger partial charge in [0, 0.05) is 22.0 Å². The fraction of sp³-hybridized carbons (Fsp3) is 0.304. The van der Waals surface area contributed by atoms with E-state index in [0.717, 1.165) is 26.6 Å². The Kier molecular flexibility index (Phi) is 5.35. The third kappa shape index (κ3) is 3.63. The van der Waals surface area contributed by atoms with Gasteiger partial charge in [-0.05, 0) is 49.6 Å². The number of carbonyl (C=O) groups is 2. The minimum atomic E-state index is -0.481. The second-order valence-corrected chi connectivity index (χ2v) is 9.31. The topological polar surface area (TPSA) is 83.8 Å². The van der Waals surface area contributed by atoms with Crippen molar-refractivity contribution in [2.45, 2.75) is 33.0 Å². The summed E-state index contributed by atoms with van der Waals surface area (Å²) in [7, 11) is 0. The normalized spacial score (nSPS) is 17.3. The smallest absolute Gasteiger partial charge is 0.410 e. The number of thiophene rings is 1. The van der Waals surface area contributed by atoms with Gasteiger partial charge in [0.2, 0.25) is 0 Å². The number of ether oxygens (including phenoxy) is 1. The highest BCUT2D eigenvalue weighted by atomic mass is 35.5. The van der Waals surface area contributed by atoms with Crippen molar-refractivity contribution in [2.24, 2.45) is 0 Å². The number of furan rings is 1. The van der Waals surface area contributed by atoms with Crippen LogP contribution in [-0.2, 0) is 17.7 Å². The van der Waals surface area contributed by atoms with Crippen LogP contribution >= 0.6 is 22.9 Å². The van der Waals surface area contributed by atoms with Gasteiger partial charge in [0.1, 0.15) is 16.5 Å². The van der Waals surface area contributed by atoms with Gasteiger partial charge in [0.05, 0.1) is 18.7 Å². The lowest BCUT2D eigenvalue weighted by molar-refractivity contribution is 0.0929. The third-order valence-corrected chi connectivity index (χ3v) is 7.28. The van der Waals surface area contributed by atoms with Crippen LogP contribution in [0.15, 0.2) is 34.7 Å². The molecule has 2 aromatic heterocycles. The summed E-state index contributed by atoms with van der Waals surface area (Å²) in [6, 6.07) is 9.49. The largest absolute Gasteiger partial charge is 0.457 e. The third-order valence-electron chi connectivity index (χ3n) is 5.73. The molecule has 0 radical (unpaired) electrons. The number of halogens is 1. The number of anilines is 1. The summed E-state index contributed by atoms with van der Waals surface area (Å²) in [5.41, 5.74) is 3.55. The van der Waals surface area contributed by atoms with Gasteiger partial charge in [-0.2, -0.15) is 0 Å². The van der Waals surface area contributed by atoms with Gasteiger partial charge >= 0.3 is 6.09 Å². The number of fused-ring (bicyclic) bond motifs is 3. The van der Waals surface area contributed by atoms with Crippen LogP contribution in [0.3, 0.4) is 0 Å². The lowest BCUT2D eigenvalue weighted by Gasteiger charge is -2.27. The molecule has 1 aromatic carbocycles. The second-order valence-electron chi connectivity index (χ2n) is 7.80. The minimum absolute atomic E-state index is 0.137. The monoisotopic (exact) mass is 471 g/mol. The van der Waals surface area contributed by atoms with Gasteiger partial charge in [-0.1, -0.05) is 23.7 Å². The number of aryl methyl sites for hydroxylation is 1. The summed E-state index contributed by atoms with van der Waals surface area (Å²) >= 11 is 7.75. The summed E-state index contributed by atoms with van der Waals surface area (Å²) in [6.07, 6.45) is -0.177. The zero-order valence-electron chi connectivity index (χ0n) is 17.7. The van der Waals surface area contributed by atoms with E-state index in [1.165, 1.54) is 11.3 Å². The number of amides is 2. The van der Waals surface area contributed by atoms with Gasteiger partial charge in [-0.3, -0.25) is 4.79 Å². The average molecular weight is 472 g/mol. The molecule has 0 bridgehead atoms. The van der Waals surface area contributed by atoms with Crippen molar-refractivity contribution in [1.29, 1.82) is 0 Å². The highest BCUT2D eigenvalue weighted by Crippen LogP contribution is 2.41. The van der Waals surface area contributed by atoms with Crippen LogP contribution in [0.25, 0.3) is 11.3 Å².